The zero-order chi connectivity index (χ0) is 13.8. The van der Waals surface area contributed by atoms with Gasteiger partial charge in [0.1, 0.15) is 5.75 Å². The zero-order valence-corrected chi connectivity index (χ0v) is 10.9. The van der Waals surface area contributed by atoms with Crippen LogP contribution < -0.4 is 4.74 Å². The third-order valence-electron chi connectivity index (χ3n) is 3.04. The number of aromatic hydroxyl groups is 1. The highest BCUT2D eigenvalue weighted by Crippen LogP contribution is 2.39. The molecule has 0 aromatic heterocycles. The lowest BCUT2D eigenvalue weighted by Crippen LogP contribution is -1.88. The summed E-state index contributed by atoms with van der Waals surface area (Å²) in [5, 5.41) is 10.1. The van der Waals surface area contributed by atoms with Crippen molar-refractivity contribution in [3.05, 3.63) is 78.9 Å². The Hall–Kier alpha value is -2.74. The first-order valence-electron chi connectivity index (χ1n) is 6.45. The van der Waals surface area contributed by atoms with E-state index < -0.39 is 0 Å². The predicted octanol–water partition coefficient (Wildman–Crippen LogP) is 4.85. The number of hydrogen-bond donors (Lipinski definition) is 1. The lowest BCUT2D eigenvalue weighted by Gasteiger charge is -2.12. The summed E-state index contributed by atoms with van der Waals surface area (Å²) in [7, 11) is 0. The quantitative estimate of drug-likeness (QED) is 0.731. The lowest BCUT2D eigenvalue weighted by atomic mass is 10.0. The van der Waals surface area contributed by atoms with Gasteiger partial charge in [0, 0.05) is 5.56 Å². The summed E-state index contributed by atoms with van der Waals surface area (Å²) in [6.07, 6.45) is 0. The van der Waals surface area contributed by atoms with E-state index in [2.05, 4.69) is 0 Å². The average molecular weight is 262 g/mol. The number of ether oxygens (including phenoxy) is 1. The fourth-order valence-corrected chi connectivity index (χ4v) is 2.08. The molecular weight excluding hydrogens is 248 g/mol. The summed E-state index contributed by atoms with van der Waals surface area (Å²) in [6.45, 7) is 0. The number of hydrogen-bond acceptors (Lipinski definition) is 2. The normalized spacial score (nSPS) is 10.2. The third kappa shape index (κ3) is 2.50. The Morgan fingerprint density at radius 3 is 2.00 bits per heavy atom. The third-order valence-corrected chi connectivity index (χ3v) is 3.04. The number of phenolic OH excluding ortho intramolecular Hbond substituents is 1. The van der Waals surface area contributed by atoms with Crippen LogP contribution in [0, 0.1) is 0 Å². The van der Waals surface area contributed by atoms with Crippen molar-refractivity contribution in [2.24, 2.45) is 0 Å². The highest BCUT2D eigenvalue weighted by molar-refractivity contribution is 5.74. The van der Waals surface area contributed by atoms with Crippen molar-refractivity contribution in [2.75, 3.05) is 0 Å². The Labute approximate surface area is 117 Å². The van der Waals surface area contributed by atoms with Gasteiger partial charge in [0.05, 0.1) is 0 Å². The molecule has 98 valence electrons. The van der Waals surface area contributed by atoms with Crippen LogP contribution in [0.2, 0.25) is 0 Å². The largest absolute Gasteiger partial charge is 0.504 e. The van der Waals surface area contributed by atoms with E-state index in [4.69, 9.17) is 4.74 Å². The summed E-state index contributed by atoms with van der Waals surface area (Å²) in [6, 6.07) is 24.7. The molecule has 0 bridgehead atoms. The number of para-hydroxylation sites is 2. The molecule has 0 heterocycles. The second kappa shape index (κ2) is 5.49. The first-order valence-corrected chi connectivity index (χ1v) is 6.45. The van der Waals surface area contributed by atoms with Crippen molar-refractivity contribution in [1.29, 1.82) is 0 Å². The van der Waals surface area contributed by atoms with Crippen molar-refractivity contribution >= 4 is 0 Å². The zero-order valence-electron chi connectivity index (χ0n) is 10.9. The molecule has 0 unspecified atom stereocenters. The van der Waals surface area contributed by atoms with E-state index in [1.165, 1.54) is 0 Å². The minimum Gasteiger partial charge on any atom is -0.504 e. The monoisotopic (exact) mass is 262 g/mol. The smallest absolute Gasteiger partial charge is 0.176 e. The minimum absolute atomic E-state index is 0.134. The molecule has 0 aliphatic heterocycles. The second-order valence-electron chi connectivity index (χ2n) is 4.43. The summed E-state index contributed by atoms with van der Waals surface area (Å²) >= 11 is 0. The van der Waals surface area contributed by atoms with Crippen LogP contribution in [0.1, 0.15) is 0 Å². The van der Waals surface area contributed by atoms with Gasteiger partial charge in [0.2, 0.25) is 0 Å². The van der Waals surface area contributed by atoms with Gasteiger partial charge in [-0.25, -0.2) is 0 Å². The second-order valence-corrected chi connectivity index (χ2v) is 4.43. The van der Waals surface area contributed by atoms with Gasteiger partial charge in [-0.2, -0.15) is 0 Å². The average Bonchev–Trinajstić information content (AvgIpc) is 2.51. The van der Waals surface area contributed by atoms with E-state index in [-0.39, 0.29) is 5.75 Å². The van der Waals surface area contributed by atoms with Gasteiger partial charge in [-0.05, 0) is 23.8 Å². The topological polar surface area (TPSA) is 29.5 Å². The first kappa shape index (κ1) is 12.3. The van der Waals surface area contributed by atoms with Crippen LogP contribution in [0.5, 0.6) is 17.2 Å². The molecular formula is C18H14O2. The molecule has 3 rings (SSSR count). The predicted molar refractivity (Wildman–Crippen MR) is 80.1 cm³/mol. The van der Waals surface area contributed by atoms with E-state index in [0.29, 0.717) is 11.5 Å². The Morgan fingerprint density at radius 2 is 1.30 bits per heavy atom. The van der Waals surface area contributed by atoms with Crippen LogP contribution in [-0.4, -0.2) is 5.11 Å². The fourth-order valence-electron chi connectivity index (χ4n) is 2.08. The van der Waals surface area contributed by atoms with Crippen molar-refractivity contribution in [1.82, 2.24) is 0 Å². The van der Waals surface area contributed by atoms with Crippen molar-refractivity contribution in [3.8, 4) is 28.4 Å². The number of rotatable bonds is 3. The lowest BCUT2D eigenvalue weighted by molar-refractivity contribution is 0.412. The molecule has 0 amide bonds. The molecule has 0 saturated heterocycles. The van der Waals surface area contributed by atoms with Crippen LogP contribution in [0.4, 0.5) is 0 Å². The Balaban J connectivity index is 2.06. The van der Waals surface area contributed by atoms with E-state index in [1.54, 1.807) is 6.07 Å². The maximum Gasteiger partial charge on any atom is 0.176 e. The highest BCUT2D eigenvalue weighted by Gasteiger charge is 2.11. The van der Waals surface area contributed by atoms with Crippen LogP contribution in [-0.2, 0) is 0 Å². The van der Waals surface area contributed by atoms with Crippen LogP contribution >= 0.6 is 0 Å². The van der Waals surface area contributed by atoms with Crippen molar-refractivity contribution in [2.45, 2.75) is 0 Å². The van der Waals surface area contributed by atoms with Crippen LogP contribution in [0.3, 0.4) is 0 Å². The molecule has 0 aliphatic rings. The molecule has 0 saturated carbocycles. The van der Waals surface area contributed by atoms with Gasteiger partial charge >= 0.3 is 0 Å². The van der Waals surface area contributed by atoms with E-state index in [9.17, 15) is 5.11 Å². The molecule has 0 atom stereocenters. The molecule has 0 radical (unpaired) electrons. The van der Waals surface area contributed by atoms with Crippen molar-refractivity contribution in [3.63, 3.8) is 0 Å². The molecule has 0 spiro atoms. The van der Waals surface area contributed by atoms with Gasteiger partial charge in [-0.3, -0.25) is 0 Å². The molecule has 2 nitrogen and oxygen atoms in total. The molecule has 0 aliphatic carbocycles. The van der Waals surface area contributed by atoms with Crippen LogP contribution in [0.15, 0.2) is 78.9 Å². The van der Waals surface area contributed by atoms with Crippen molar-refractivity contribution < 1.29 is 9.84 Å². The molecule has 1 N–H and O–H groups in total. The highest BCUT2D eigenvalue weighted by atomic mass is 16.5. The van der Waals surface area contributed by atoms with E-state index in [0.717, 1.165) is 11.1 Å². The Morgan fingerprint density at radius 1 is 0.650 bits per heavy atom. The molecule has 0 fully saturated rings. The summed E-state index contributed by atoms with van der Waals surface area (Å²) in [4.78, 5) is 0. The van der Waals surface area contributed by atoms with Gasteiger partial charge < -0.3 is 9.84 Å². The van der Waals surface area contributed by atoms with Crippen LogP contribution in [0.25, 0.3) is 11.1 Å². The number of benzene rings is 3. The van der Waals surface area contributed by atoms with E-state index in [1.807, 2.05) is 72.8 Å². The van der Waals surface area contributed by atoms with E-state index >= 15 is 0 Å². The first-order chi connectivity index (χ1) is 9.84. The SMILES string of the molecule is Oc1cccc(-c2ccccc2)c1Oc1ccccc1. The Bertz CT molecular complexity index is 691. The fraction of sp³-hybridized carbons (Fsp3) is 0. The summed E-state index contributed by atoms with van der Waals surface area (Å²) < 4.78 is 5.84. The summed E-state index contributed by atoms with van der Waals surface area (Å²) in [5.74, 6) is 1.31. The molecule has 2 heteroatoms. The van der Waals surface area contributed by atoms with Gasteiger partial charge in [0.15, 0.2) is 11.5 Å². The maximum atomic E-state index is 10.1. The minimum atomic E-state index is 0.134. The molecule has 20 heavy (non-hydrogen) atoms. The standard InChI is InChI=1S/C18H14O2/c19-17-13-7-12-16(14-8-3-1-4-9-14)18(17)20-15-10-5-2-6-11-15/h1-13,19H. The molecule has 3 aromatic rings. The molecule has 3 aromatic carbocycles. The van der Waals surface area contributed by atoms with Gasteiger partial charge in [-0.1, -0.05) is 60.7 Å². The van der Waals surface area contributed by atoms with Gasteiger partial charge in [0.25, 0.3) is 0 Å². The Kier molecular flexibility index (Phi) is 3.38. The van der Waals surface area contributed by atoms with Gasteiger partial charge in [-0.15, -0.1) is 0 Å². The summed E-state index contributed by atoms with van der Waals surface area (Å²) in [5.41, 5.74) is 1.88. The maximum absolute atomic E-state index is 10.1. The number of phenols is 1.